The molecule has 0 aliphatic carbocycles. The lowest BCUT2D eigenvalue weighted by atomic mass is 10.1. The third kappa shape index (κ3) is 3.55. The van der Waals surface area contributed by atoms with Crippen molar-refractivity contribution in [3.8, 4) is 17.1 Å². The molecule has 6 heteroatoms. The molecule has 0 aliphatic heterocycles. The van der Waals surface area contributed by atoms with E-state index in [1.807, 2.05) is 61.5 Å². The smallest absolute Gasteiger partial charge is 0.225 e. The van der Waals surface area contributed by atoms with Crippen LogP contribution in [-0.4, -0.2) is 15.0 Å². The number of nitrogens with two attached hydrogens (primary N) is 2. The van der Waals surface area contributed by atoms with Gasteiger partial charge in [0.2, 0.25) is 11.9 Å². The zero-order valence-electron chi connectivity index (χ0n) is 12.7. The number of rotatable bonds is 4. The molecule has 1 aromatic heterocycles. The van der Waals surface area contributed by atoms with Gasteiger partial charge in [-0.2, -0.15) is 15.0 Å². The predicted octanol–water partition coefficient (Wildman–Crippen LogP) is 2.84. The van der Waals surface area contributed by atoms with Gasteiger partial charge in [-0.15, -0.1) is 0 Å². The summed E-state index contributed by atoms with van der Waals surface area (Å²) in [5.41, 5.74) is 13.1. The van der Waals surface area contributed by atoms with Gasteiger partial charge in [0.1, 0.15) is 11.9 Å². The molecule has 23 heavy (non-hydrogen) atoms. The summed E-state index contributed by atoms with van der Waals surface area (Å²) < 4.78 is 5.94. The number of hydrogen-bond donors (Lipinski definition) is 2. The Balaban J connectivity index is 1.77. The predicted molar refractivity (Wildman–Crippen MR) is 89.6 cm³/mol. The molecule has 3 rings (SSSR count). The minimum Gasteiger partial charge on any atom is -0.486 e. The van der Waals surface area contributed by atoms with Crippen molar-refractivity contribution in [2.45, 2.75) is 13.0 Å². The molecule has 1 atom stereocenters. The molecule has 0 spiro atoms. The first kappa shape index (κ1) is 14.8. The Hall–Kier alpha value is -3.15. The topological polar surface area (TPSA) is 99.9 Å². The van der Waals surface area contributed by atoms with Crippen LogP contribution in [0.5, 0.6) is 5.75 Å². The minimum atomic E-state index is -0.0366. The van der Waals surface area contributed by atoms with Crippen molar-refractivity contribution < 1.29 is 4.74 Å². The van der Waals surface area contributed by atoms with Gasteiger partial charge in [-0.1, -0.05) is 30.3 Å². The average Bonchev–Trinajstić information content (AvgIpc) is 2.55. The molecule has 0 saturated heterocycles. The monoisotopic (exact) mass is 307 g/mol. The molecule has 0 amide bonds. The molecule has 2 aromatic carbocycles. The van der Waals surface area contributed by atoms with Crippen molar-refractivity contribution in [1.82, 2.24) is 15.0 Å². The van der Waals surface area contributed by atoms with E-state index in [2.05, 4.69) is 15.0 Å². The van der Waals surface area contributed by atoms with Crippen LogP contribution in [0.25, 0.3) is 11.4 Å². The summed E-state index contributed by atoms with van der Waals surface area (Å²) in [6.07, 6.45) is -0.0366. The molecular formula is C17H17N5O. The number of ether oxygens (including phenoxy) is 1. The molecule has 116 valence electrons. The number of anilines is 2. The fourth-order valence-corrected chi connectivity index (χ4v) is 2.22. The van der Waals surface area contributed by atoms with Gasteiger partial charge in [-0.3, -0.25) is 0 Å². The van der Waals surface area contributed by atoms with Gasteiger partial charge in [0.25, 0.3) is 0 Å². The number of hydrogen-bond acceptors (Lipinski definition) is 6. The van der Waals surface area contributed by atoms with Gasteiger partial charge in [-0.05, 0) is 36.8 Å². The van der Waals surface area contributed by atoms with Crippen LogP contribution >= 0.6 is 0 Å². The zero-order chi connectivity index (χ0) is 16.2. The van der Waals surface area contributed by atoms with E-state index in [4.69, 9.17) is 16.2 Å². The Morgan fingerprint density at radius 3 is 2.04 bits per heavy atom. The molecule has 0 fully saturated rings. The summed E-state index contributed by atoms with van der Waals surface area (Å²) in [6, 6.07) is 17.5. The van der Waals surface area contributed by atoms with Gasteiger partial charge >= 0.3 is 0 Å². The second kappa shape index (κ2) is 6.31. The van der Waals surface area contributed by atoms with Crippen molar-refractivity contribution >= 4 is 11.9 Å². The van der Waals surface area contributed by atoms with E-state index in [-0.39, 0.29) is 18.0 Å². The van der Waals surface area contributed by atoms with Crippen LogP contribution in [0.15, 0.2) is 54.6 Å². The molecule has 0 aliphatic rings. The summed E-state index contributed by atoms with van der Waals surface area (Å²) >= 11 is 0. The Labute approximate surface area is 134 Å². The molecule has 0 radical (unpaired) electrons. The molecule has 1 heterocycles. The molecule has 0 bridgehead atoms. The molecule has 4 N–H and O–H groups in total. The Morgan fingerprint density at radius 1 is 0.826 bits per heavy atom. The fraction of sp³-hybridized carbons (Fsp3) is 0.118. The molecular weight excluding hydrogens is 290 g/mol. The van der Waals surface area contributed by atoms with Crippen molar-refractivity contribution in [3.63, 3.8) is 0 Å². The van der Waals surface area contributed by atoms with Gasteiger partial charge in [0.15, 0.2) is 5.82 Å². The van der Waals surface area contributed by atoms with E-state index in [1.54, 1.807) is 0 Å². The van der Waals surface area contributed by atoms with Gasteiger partial charge in [0.05, 0.1) is 0 Å². The van der Waals surface area contributed by atoms with E-state index >= 15 is 0 Å². The van der Waals surface area contributed by atoms with Crippen LogP contribution in [0.4, 0.5) is 11.9 Å². The maximum absolute atomic E-state index is 5.94. The molecule has 0 saturated carbocycles. The van der Waals surface area contributed by atoms with Gasteiger partial charge in [0, 0.05) is 5.56 Å². The first-order chi connectivity index (χ1) is 11.1. The third-order valence-corrected chi connectivity index (χ3v) is 3.36. The highest BCUT2D eigenvalue weighted by atomic mass is 16.5. The number of nitrogen functional groups attached to an aromatic ring is 2. The fourth-order valence-electron chi connectivity index (χ4n) is 2.22. The lowest BCUT2D eigenvalue weighted by Gasteiger charge is -2.15. The average molecular weight is 307 g/mol. The minimum absolute atomic E-state index is 0.0366. The summed E-state index contributed by atoms with van der Waals surface area (Å²) in [4.78, 5) is 11.9. The standard InChI is InChI=1S/C17H17N5O/c1-11(12-5-3-2-4-6-12)23-14-9-7-13(8-10-14)15-20-16(18)22-17(19)21-15/h2-11H,1H3,(H4,18,19,20,21,22). The maximum atomic E-state index is 5.94. The number of nitrogens with zero attached hydrogens (tertiary/aromatic N) is 3. The van der Waals surface area contributed by atoms with Crippen molar-refractivity contribution in [2.24, 2.45) is 0 Å². The van der Waals surface area contributed by atoms with E-state index in [1.165, 1.54) is 0 Å². The molecule has 3 aromatic rings. The summed E-state index contributed by atoms with van der Waals surface area (Å²) in [6.45, 7) is 2.01. The van der Waals surface area contributed by atoms with Crippen LogP contribution < -0.4 is 16.2 Å². The van der Waals surface area contributed by atoms with E-state index < -0.39 is 0 Å². The van der Waals surface area contributed by atoms with E-state index in [9.17, 15) is 0 Å². The SMILES string of the molecule is CC(Oc1ccc(-c2nc(N)nc(N)n2)cc1)c1ccccc1. The first-order valence-electron chi connectivity index (χ1n) is 7.21. The quantitative estimate of drug-likeness (QED) is 0.768. The van der Waals surface area contributed by atoms with Crippen molar-refractivity contribution in [2.75, 3.05) is 11.5 Å². The summed E-state index contributed by atoms with van der Waals surface area (Å²) in [5, 5.41) is 0. The highest BCUT2D eigenvalue weighted by Crippen LogP contribution is 2.24. The Morgan fingerprint density at radius 2 is 1.43 bits per heavy atom. The van der Waals surface area contributed by atoms with E-state index in [0.29, 0.717) is 5.82 Å². The Kier molecular flexibility index (Phi) is 4.05. The largest absolute Gasteiger partial charge is 0.486 e. The lowest BCUT2D eigenvalue weighted by Crippen LogP contribution is -2.04. The first-order valence-corrected chi connectivity index (χ1v) is 7.21. The van der Waals surface area contributed by atoms with Crippen LogP contribution in [0, 0.1) is 0 Å². The summed E-state index contributed by atoms with van der Waals surface area (Å²) in [5.74, 6) is 1.41. The normalized spacial score (nSPS) is 11.9. The maximum Gasteiger partial charge on any atom is 0.225 e. The van der Waals surface area contributed by atoms with Crippen LogP contribution in [0.1, 0.15) is 18.6 Å². The highest BCUT2D eigenvalue weighted by Gasteiger charge is 2.08. The lowest BCUT2D eigenvalue weighted by molar-refractivity contribution is 0.227. The number of aromatic nitrogens is 3. The molecule has 1 unspecified atom stereocenters. The second-order valence-electron chi connectivity index (χ2n) is 5.07. The summed E-state index contributed by atoms with van der Waals surface area (Å²) in [7, 11) is 0. The van der Waals surface area contributed by atoms with Crippen LogP contribution in [0.3, 0.4) is 0 Å². The zero-order valence-corrected chi connectivity index (χ0v) is 12.7. The van der Waals surface area contributed by atoms with E-state index in [0.717, 1.165) is 16.9 Å². The van der Waals surface area contributed by atoms with Crippen molar-refractivity contribution in [1.29, 1.82) is 0 Å². The highest BCUT2D eigenvalue weighted by molar-refractivity contribution is 5.58. The second-order valence-corrected chi connectivity index (χ2v) is 5.07. The van der Waals surface area contributed by atoms with Crippen LogP contribution in [-0.2, 0) is 0 Å². The Bertz CT molecular complexity index is 770. The van der Waals surface area contributed by atoms with Gasteiger partial charge in [-0.25, -0.2) is 0 Å². The number of benzene rings is 2. The van der Waals surface area contributed by atoms with Gasteiger partial charge < -0.3 is 16.2 Å². The van der Waals surface area contributed by atoms with Crippen LogP contribution in [0.2, 0.25) is 0 Å². The third-order valence-electron chi connectivity index (χ3n) is 3.36. The van der Waals surface area contributed by atoms with Crippen molar-refractivity contribution in [3.05, 3.63) is 60.2 Å². The molecule has 6 nitrogen and oxygen atoms in total.